The summed E-state index contributed by atoms with van der Waals surface area (Å²) in [6, 6.07) is 1.64. The van der Waals surface area contributed by atoms with Crippen LogP contribution in [0, 0.1) is 5.41 Å². The van der Waals surface area contributed by atoms with Gasteiger partial charge in [-0.1, -0.05) is 20.8 Å². The normalized spacial score (nSPS) is 11.2. The fourth-order valence-electron chi connectivity index (χ4n) is 1.57. The quantitative estimate of drug-likeness (QED) is 0.828. The van der Waals surface area contributed by atoms with Crippen molar-refractivity contribution in [1.29, 1.82) is 0 Å². The largest absolute Gasteiger partial charge is 0.398 e. The topological polar surface area (TPSA) is 59.2 Å². The number of hydrogen-bond donors (Lipinski definition) is 1. The van der Waals surface area contributed by atoms with Gasteiger partial charge in [-0.3, -0.25) is 9.78 Å². The van der Waals surface area contributed by atoms with Crippen LogP contribution in [0.3, 0.4) is 0 Å². The molecule has 1 rings (SSSR count). The number of nitrogens with zero attached hydrogens (tertiary/aromatic N) is 2. The van der Waals surface area contributed by atoms with E-state index in [2.05, 4.69) is 25.8 Å². The molecule has 1 heterocycles. The molecule has 0 saturated carbocycles. The fraction of sp³-hybridized carbons (Fsp3) is 0.500. The highest BCUT2D eigenvalue weighted by atomic mass is 16.2. The molecule has 1 aromatic rings. The highest BCUT2D eigenvalue weighted by Gasteiger charge is 2.20. The minimum atomic E-state index is -0.0828. The highest BCUT2D eigenvalue weighted by Crippen LogP contribution is 2.17. The molecule has 0 saturated heterocycles. The lowest BCUT2D eigenvalue weighted by molar-refractivity contribution is 0.0746. The van der Waals surface area contributed by atoms with Crippen LogP contribution in [0.5, 0.6) is 0 Å². The number of hydrogen-bond acceptors (Lipinski definition) is 3. The summed E-state index contributed by atoms with van der Waals surface area (Å²) in [5.74, 6) is -0.0828. The number of anilines is 1. The average Bonchev–Trinajstić information content (AvgIpc) is 2.15. The van der Waals surface area contributed by atoms with E-state index in [1.54, 1.807) is 24.2 Å². The van der Waals surface area contributed by atoms with E-state index >= 15 is 0 Å². The van der Waals surface area contributed by atoms with Gasteiger partial charge < -0.3 is 10.6 Å². The molecule has 0 aliphatic carbocycles. The van der Waals surface area contributed by atoms with Crippen LogP contribution in [-0.2, 0) is 0 Å². The summed E-state index contributed by atoms with van der Waals surface area (Å²) in [5, 5.41) is 0. The Morgan fingerprint density at radius 3 is 2.62 bits per heavy atom. The molecule has 0 spiro atoms. The molecule has 4 nitrogen and oxygen atoms in total. The van der Waals surface area contributed by atoms with E-state index in [1.807, 2.05) is 0 Å². The number of pyridine rings is 1. The second-order valence-corrected chi connectivity index (χ2v) is 5.18. The maximum atomic E-state index is 12.0. The van der Waals surface area contributed by atoms with Crippen molar-refractivity contribution in [3.05, 3.63) is 24.0 Å². The molecule has 2 N–H and O–H groups in total. The number of aromatic nitrogens is 1. The molecule has 0 aliphatic rings. The summed E-state index contributed by atoms with van der Waals surface area (Å²) in [6.45, 7) is 6.94. The third kappa shape index (κ3) is 3.22. The molecular weight excluding hydrogens is 202 g/mol. The summed E-state index contributed by atoms with van der Waals surface area (Å²) in [4.78, 5) is 17.6. The van der Waals surface area contributed by atoms with Crippen molar-refractivity contribution in [2.45, 2.75) is 20.8 Å². The monoisotopic (exact) mass is 221 g/mol. The third-order valence-corrected chi connectivity index (χ3v) is 2.14. The first kappa shape index (κ1) is 12.5. The molecule has 88 valence electrons. The molecule has 4 heteroatoms. The average molecular weight is 221 g/mol. The zero-order chi connectivity index (χ0) is 12.3. The number of nitrogen functional groups attached to an aromatic ring is 1. The Kier molecular flexibility index (Phi) is 3.52. The lowest BCUT2D eigenvalue weighted by atomic mass is 9.96. The predicted octanol–water partition coefficient (Wildman–Crippen LogP) is 1.78. The molecule has 16 heavy (non-hydrogen) atoms. The summed E-state index contributed by atoms with van der Waals surface area (Å²) in [5.41, 5.74) is 6.75. The number of carbonyl (C=O) groups excluding carboxylic acids is 1. The standard InChI is InChI=1S/C12H19N3O/c1-12(2,3)8-15(4)11(16)9-7-14-6-5-10(9)13/h5-7H,8H2,1-4H3,(H2,13,14). The highest BCUT2D eigenvalue weighted by molar-refractivity contribution is 5.98. The van der Waals surface area contributed by atoms with Crippen molar-refractivity contribution in [3.8, 4) is 0 Å². The summed E-state index contributed by atoms with van der Waals surface area (Å²) in [6.07, 6.45) is 3.09. The first-order chi connectivity index (χ1) is 7.31. The van der Waals surface area contributed by atoms with Crippen molar-refractivity contribution in [3.63, 3.8) is 0 Å². The van der Waals surface area contributed by atoms with Gasteiger partial charge in [-0.2, -0.15) is 0 Å². The molecule has 1 amide bonds. The van der Waals surface area contributed by atoms with Crippen molar-refractivity contribution < 1.29 is 4.79 Å². The zero-order valence-corrected chi connectivity index (χ0v) is 10.3. The minimum absolute atomic E-state index is 0.0708. The van der Waals surface area contributed by atoms with E-state index in [-0.39, 0.29) is 11.3 Å². The minimum Gasteiger partial charge on any atom is -0.398 e. The van der Waals surface area contributed by atoms with Gasteiger partial charge in [0.1, 0.15) is 0 Å². The van der Waals surface area contributed by atoms with Gasteiger partial charge in [0.15, 0.2) is 0 Å². The van der Waals surface area contributed by atoms with Crippen LogP contribution >= 0.6 is 0 Å². The Balaban J connectivity index is 2.83. The SMILES string of the molecule is CN(CC(C)(C)C)C(=O)c1cnccc1N. The van der Waals surface area contributed by atoms with Crippen molar-refractivity contribution in [2.24, 2.45) is 5.41 Å². The van der Waals surface area contributed by atoms with Crippen LogP contribution in [0.2, 0.25) is 0 Å². The number of amides is 1. The van der Waals surface area contributed by atoms with Gasteiger partial charge in [0.25, 0.3) is 5.91 Å². The smallest absolute Gasteiger partial charge is 0.257 e. The summed E-state index contributed by atoms with van der Waals surface area (Å²) >= 11 is 0. The third-order valence-electron chi connectivity index (χ3n) is 2.14. The van der Waals surface area contributed by atoms with E-state index < -0.39 is 0 Å². The Labute approximate surface area is 96.5 Å². The van der Waals surface area contributed by atoms with Gasteiger partial charge in [0.2, 0.25) is 0 Å². The van der Waals surface area contributed by atoms with E-state index in [9.17, 15) is 4.79 Å². The number of nitrogens with two attached hydrogens (primary N) is 1. The Morgan fingerprint density at radius 1 is 1.50 bits per heavy atom. The lowest BCUT2D eigenvalue weighted by Gasteiger charge is -2.26. The number of carbonyl (C=O) groups is 1. The molecule has 0 atom stereocenters. The predicted molar refractivity (Wildman–Crippen MR) is 65.1 cm³/mol. The molecule has 0 fully saturated rings. The van der Waals surface area contributed by atoms with Gasteiger partial charge in [-0.15, -0.1) is 0 Å². The second kappa shape index (κ2) is 4.51. The Hall–Kier alpha value is -1.58. The molecule has 0 bridgehead atoms. The van der Waals surface area contributed by atoms with Crippen LogP contribution in [0.25, 0.3) is 0 Å². The first-order valence-corrected chi connectivity index (χ1v) is 5.26. The molecule has 0 aliphatic heterocycles. The summed E-state index contributed by atoms with van der Waals surface area (Å²) in [7, 11) is 1.78. The van der Waals surface area contributed by atoms with Crippen LogP contribution in [-0.4, -0.2) is 29.4 Å². The van der Waals surface area contributed by atoms with Gasteiger partial charge >= 0.3 is 0 Å². The van der Waals surface area contributed by atoms with Gasteiger partial charge in [0.05, 0.1) is 5.56 Å². The van der Waals surface area contributed by atoms with Crippen LogP contribution in [0.1, 0.15) is 31.1 Å². The van der Waals surface area contributed by atoms with Crippen LogP contribution in [0.15, 0.2) is 18.5 Å². The lowest BCUT2D eigenvalue weighted by Crippen LogP contribution is -2.34. The fourth-order valence-corrected chi connectivity index (χ4v) is 1.57. The molecule has 0 unspecified atom stereocenters. The number of rotatable bonds is 2. The second-order valence-electron chi connectivity index (χ2n) is 5.18. The maximum Gasteiger partial charge on any atom is 0.257 e. The van der Waals surface area contributed by atoms with E-state index in [4.69, 9.17) is 5.73 Å². The molecule has 1 aromatic heterocycles. The molecular formula is C12H19N3O. The van der Waals surface area contributed by atoms with Crippen molar-refractivity contribution in [2.75, 3.05) is 19.3 Å². The maximum absolute atomic E-state index is 12.0. The Morgan fingerprint density at radius 2 is 2.12 bits per heavy atom. The Bertz CT molecular complexity index is 382. The van der Waals surface area contributed by atoms with Crippen molar-refractivity contribution >= 4 is 11.6 Å². The van der Waals surface area contributed by atoms with E-state index in [0.717, 1.165) is 0 Å². The first-order valence-electron chi connectivity index (χ1n) is 5.26. The molecule has 0 radical (unpaired) electrons. The van der Waals surface area contributed by atoms with Crippen LogP contribution < -0.4 is 5.73 Å². The summed E-state index contributed by atoms with van der Waals surface area (Å²) < 4.78 is 0. The van der Waals surface area contributed by atoms with E-state index in [0.29, 0.717) is 17.8 Å². The van der Waals surface area contributed by atoms with Crippen LogP contribution in [0.4, 0.5) is 5.69 Å². The van der Waals surface area contributed by atoms with Gasteiger partial charge in [0, 0.05) is 31.7 Å². The molecule has 0 aromatic carbocycles. The van der Waals surface area contributed by atoms with Crippen molar-refractivity contribution in [1.82, 2.24) is 9.88 Å². The van der Waals surface area contributed by atoms with Gasteiger partial charge in [-0.25, -0.2) is 0 Å². The van der Waals surface area contributed by atoms with Gasteiger partial charge in [-0.05, 0) is 11.5 Å². The zero-order valence-electron chi connectivity index (χ0n) is 10.3. The van der Waals surface area contributed by atoms with E-state index in [1.165, 1.54) is 6.20 Å².